The molecule has 2 aromatic rings. The summed E-state index contributed by atoms with van der Waals surface area (Å²) in [6, 6.07) is 13.2. The fourth-order valence-electron chi connectivity index (χ4n) is 2.99. The molecule has 0 bridgehead atoms. The third kappa shape index (κ3) is 7.17. The van der Waals surface area contributed by atoms with E-state index in [4.69, 9.17) is 4.74 Å². The van der Waals surface area contributed by atoms with E-state index in [1.165, 1.54) is 11.0 Å². The molecule has 2 aromatic carbocycles. The second-order valence-electron chi connectivity index (χ2n) is 7.72. The van der Waals surface area contributed by atoms with Crippen molar-refractivity contribution >= 4 is 11.8 Å². The number of nitrogens with one attached hydrogen (secondary N) is 1. The second kappa shape index (κ2) is 11.3. The molecule has 0 heterocycles. The SMILES string of the molecule is Cc1ccc(OCCCC(=O)N(Cc2ccccc2F)C(C)C(=O)NC(C)C)cc1. The van der Waals surface area contributed by atoms with Crippen LogP contribution in [0.5, 0.6) is 5.75 Å². The van der Waals surface area contributed by atoms with Gasteiger partial charge in [0, 0.05) is 24.6 Å². The lowest BCUT2D eigenvalue weighted by atomic mass is 10.1. The molecule has 1 N–H and O–H groups in total. The number of nitrogens with zero attached hydrogens (tertiary/aromatic N) is 1. The second-order valence-corrected chi connectivity index (χ2v) is 7.72. The minimum Gasteiger partial charge on any atom is -0.494 e. The Morgan fingerprint density at radius 2 is 1.73 bits per heavy atom. The van der Waals surface area contributed by atoms with E-state index in [0.29, 0.717) is 18.6 Å². The van der Waals surface area contributed by atoms with Gasteiger partial charge in [-0.2, -0.15) is 0 Å². The fraction of sp³-hybridized carbons (Fsp3) is 0.417. The highest BCUT2D eigenvalue weighted by atomic mass is 19.1. The van der Waals surface area contributed by atoms with Crippen molar-refractivity contribution in [1.29, 1.82) is 0 Å². The van der Waals surface area contributed by atoms with Crippen molar-refractivity contribution < 1.29 is 18.7 Å². The number of hydrogen-bond acceptors (Lipinski definition) is 3. The molecule has 0 aliphatic rings. The van der Waals surface area contributed by atoms with E-state index in [-0.39, 0.29) is 30.8 Å². The Morgan fingerprint density at radius 1 is 1.07 bits per heavy atom. The summed E-state index contributed by atoms with van der Waals surface area (Å²) < 4.78 is 19.8. The summed E-state index contributed by atoms with van der Waals surface area (Å²) >= 11 is 0. The van der Waals surface area contributed by atoms with E-state index in [0.717, 1.165) is 11.3 Å². The number of hydrogen-bond donors (Lipinski definition) is 1. The van der Waals surface area contributed by atoms with Gasteiger partial charge in [0.2, 0.25) is 11.8 Å². The van der Waals surface area contributed by atoms with Crippen molar-refractivity contribution in [3.05, 3.63) is 65.5 Å². The minimum atomic E-state index is -0.711. The normalized spacial score (nSPS) is 11.8. The highest BCUT2D eigenvalue weighted by Crippen LogP contribution is 2.16. The highest BCUT2D eigenvalue weighted by molar-refractivity contribution is 5.87. The molecular weight excluding hydrogens is 383 g/mol. The van der Waals surface area contributed by atoms with E-state index in [1.54, 1.807) is 25.1 Å². The van der Waals surface area contributed by atoms with Crippen LogP contribution in [-0.2, 0) is 16.1 Å². The van der Waals surface area contributed by atoms with Crippen LogP contribution in [0.25, 0.3) is 0 Å². The van der Waals surface area contributed by atoms with Crippen LogP contribution in [0.1, 0.15) is 44.7 Å². The van der Waals surface area contributed by atoms with Gasteiger partial charge in [0.1, 0.15) is 17.6 Å². The van der Waals surface area contributed by atoms with Crippen LogP contribution in [0.2, 0.25) is 0 Å². The zero-order valence-electron chi connectivity index (χ0n) is 18.2. The number of halogens is 1. The quantitative estimate of drug-likeness (QED) is 0.592. The smallest absolute Gasteiger partial charge is 0.242 e. The maximum atomic E-state index is 14.2. The van der Waals surface area contributed by atoms with Gasteiger partial charge in [-0.3, -0.25) is 9.59 Å². The highest BCUT2D eigenvalue weighted by Gasteiger charge is 2.26. The van der Waals surface area contributed by atoms with Gasteiger partial charge in [0.15, 0.2) is 0 Å². The molecule has 0 aromatic heterocycles. The number of rotatable bonds is 10. The zero-order valence-corrected chi connectivity index (χ0v) is 18.2. The van der Waals surface area contributed by atoms with Gasteiger partial charge >= 0.3 is 0 Å². The lowest BCUT2D eigenvalue weighted by Gasteiger charge is -2.29. The Hall–Kier alpha value is -2.89. The van der Waals surface area contributed by atoms with Crippen molar-refractivity contribution in [2.24, 2.45) is 0 Å². The summed E-state index contributed by atoms with van der Waals surface area (Å²) in [7, 11) is 0. The zero-order chi connectivity index (χ0) is 22.1. The summed E-state index contributed by atoms with van der Waals surface area (Å²) in [5, 5.41) is 2.82. The van der Waals surface area contributed by atoms with Crippen molar-refractivity contribution in [1.82, 2.24) is 10.2 Å². The predicted octanol–water partition coefficient (Wildman–Crippen LogP) is 4.24. The Kier molecular flexibility index (Phi) is 8.84. The summed E-state index contributed by atoms with van der Waals surface area (Å²) in [6.45, 7) is 7.81. The molecule has 6 heteroatoms. The molecule has 0 fully saturated rings. The average Bonchev–Trinajstić information content (AvgIpc) is 2.70. The Balaban J connectivity index is 2.00. The standard InChI is InChI=1S/C24H31FN2O3/c1-17(2)26-24(29)19(4)27(16-20-8-5-6-9-22(20)25)23(28)10-7-15-30-21-13-11-18(3)12-14-21/h5-6,8-9,11-14,17,19H,7,10,15-16H2,1-4H3,(H,26,29). The molecule has 0 saturated heterocycles. The van der Waals surface area contributed by atoms with Crippen molar-refractivity contribution in [2.75, 3.05) is 6.61 Å². The number of benzene rings is 2. The minimum absolute atomic E-state index is 0.0387. The average molecular weight is 415 g/mol. The third-order valence-corrected chi connectivity index (χ3v) is 4.72. The Labute approximate surface area is 178 Å². The predicted molar refractivity (Wildman–Crippen MR) is 116 cm³/mol. The van der Waals surface area contributed by atoms with E-state index >= 15 is 0 Å². The molecule has 1 unspecified atom stereocenters. The molecule has 0 spiro atoms. The molecule has 0 aliphatic carbocycles. The van der Waals surface area contributed by atoms with Crippen LogP contribution in [0, 0.1) is 12.7 Å². The Bertz CT molecular complexity index is 837. The van der Waals surface area contributed by atoms with E-state index in [1.807, 2.05) is 45.0 Å². The van der Waals surface area contributed by atoms with Gasteiger partial charge < -0.3 is 15.0 Å². The van der Waals surface area contributed by atoms with Gasteiger partial charge in [-0.05, 0) is 52.3 Å². The molecule has 0 aliphatic heterocycles. The van der Waals surface area contributed by atoms with Crippen LogP contribution >= 0.6 is 0 Å². The molecule has 1 atom stereocenters. The van der Waals surface area contributed by atoms with Crippen LogP contribution in [0.4, 0.5) is 4.39 Å². The van der Waals surface area contributed by atoms with Gasteiger partial charge in [-0.1, -0.05) is 35.9 Å². The van der Waals surface area contributed by atoms with Crippen LogP contribution in [-0.4, -0.2) is 35.4 Å². The maximum Gasteiger partial charge on any atom is 0.242 e. The topological polar surface area (TPSA) is 58.6 Å². The number of carbonyl (C=O) groups excluding carboxylic acids is 2. The summed E-state index contributed by atoms with van der Waals surface area (Å²) in [4.78, 5) is 26.8. The van der Waals surface area contributed by atoms with Crippen LogP contribution in [0.15, 0.2) is 48.5 Å². The molecule has 2 rings (SSSR count). The number of amides is 2. The largest absolute Gasteiger partial charge is 0.494 e. The first-order valence-corrected chi connectivity index (χ1v) is 10.3. The van der Waals surface area contributed by atoms with E-state index < -0.39 is 11.9 Å². The van der Waals surface area contributed by atoms with E-state index in [2.05, 4.69) is 5.32 Å². The summed E-state index contributed by atoms with van der Waals surface area (Å²) in [6.07, 6.45) is 0.707. The maximum absolute atomic E-state index is 14.2. The first kappa shape index (κ1) is 23.4. The lowest BCUT2D eigenvalue weighted by molar-refractivity contribution is -0.141. The molecular formula is C24H31FN2O3. The van der Waals surface area contributed by atoms with E-state index in [9.17, 15) is 14.0 Å². The van der Waals surface area contributed by atoms with Gasteiger partial charge in [0.05, 0.1) is 6.61 Å². The monoisotopic (exact) mass is 414 g/mol. The molecule has 162 valence electrons. The van der Waals surface area contributed by atoms with Crippen LogP contribution in [0.3, 0.4) is 0 Å². The van der Waals surface area contributed by atoms with Gasteiger partial charge in [0.25, 0.3) is 0 Å². The molecule has 5 nitrogen and oxygen atoms in total. The summed E-state index contributed by atoms with van der Waals surface area (Å²) in [5.41, 5.74) is 1.53. The molecule has 0 radical (unpaired) electrons. The first-order valence-electron chi connectivity index (χ1n) is 10.3. The lowest BCUT2D eigenvalue weighted by Crippen LogP contribution is -2.49. The molecule has 30 heavy (non-hydrogen) atoms. The molecule has 0 saturated carbocycles. The molecule has 2 amide bonds. The van der Waals surface area contributed by atoms with Crippen molar-refractivity contribution in [3.8, 4) is 5.75 Å². The van der Waals surface area contributed by atoms with Crippen molar-refractivity contribution in [3.63, 3.8) is 0 Å². The fourth-order valence-corrected chi connectivity index (χ4v) is 2.99. The van der Waals surface area contributed by atoms with Crippen LogP contribution < -0.4 is 10.1 Å². The number of ether oxygens (including phenoxy) is 1. The third-order valence-electron chi connectivity index (χ3n) is 4.72. The summed E-state index contributed by atoms with van der Waals surface area (Å²) in [5.74, 6) is -0.113. The van der Waals surface area contributed by atoms with Gasteiger partial charge in [-0.15, -0.1) is 0 Å². The number of carbonyl (C=O) groups is 2. The van der Waals surface area contributed by atoms with Crippen molar-refractivity contribution in [2.45, 2.75) is 59.2 Å². The number of aryl methyl sites for hydroxylation is 1. The first-order chi connectivity index (χ1) is 14.3. The van der Waals surface area contributed by atoms with Gasteiger partial charge in [-0.25, -0.2) is 4.39 Å². The Morgan fingerprint density at radius 3 is 2.37 bits per heavy atom.